The van der Waals surface area contributed by atoms with Crippen LogP contribution in [0.1, 0.15) is 200 Å². The minimum absolute atomic E-state index is 0.00605. The number of allylic oxidation sites excluding steroid dienone is 8. The lowest BCUT2D eigenvalue weighted by Gasteiger charge is -2.27. The van der Waals surface area contributed by atoms with Gasteiger partial charge in [-0.1, -0.05) is 152 Å². The monoisotopic (exact) mass is 756 g/mol. The van der Waals surface area contributed by atoms with E-state index in [1.807, 2.05) is 0 Å². The number of nitrogens with one attached hydrogen (secondary N) is 1. The van der Waals surface area contributed by atoms with Crippen molar-refractivity contribution in [2.75, 3.05) is 40.3 Å². The Morgan fingerprint density at radius 1 is 0.519 bits per heavy atom. The molecule has 0 saturated carbocycles. The van der Waals surface area contributed by atoms with Crippen LogP contribution in [0.15, 0.2) is 48.6 Å². The van der Waals surface area contributed by atoms with E-state index >= 15 is 0 Å². The third-order valence-corrected chi connectivity index (χ3v) is 10.2. The van der Waals surface area contributed by atoms with Crippen molar-refractivity contribution in [2.24, 2.45) is 5.92 Å². The van der Waals surface area contributed by atoms with Crippen LogP contribution in [0, 0.1) is 5.92 Å². The Hall–Kier alpha value is -2.18. The number of amides is 3. The van der Waals surface area contributed by atoms with E-state index in [-0.39, 0.29) is 24.5 Å². The lowest BCUT2D eigenvalue weighted by molar-refractivity contribution is -0.133. The van der Waals surface area contributed by atoms with Gasteiger partial charge in [-0.3, -0.25) is 9.69 Å². The Morgan fingerprint density at radius 2 is 0.926 bits per heavy atom. The summed E-state index contributed by atoms with van der Waals surface area (Å²) in [6, 6.07) is -0.294. The van der Waals surface area contributed by atoms with Crippen molar-refractivity contribution < 1.29 is 14.7 Å². The predicted octanol–water partition coefficient (Wildman–Crippen LogP) is 13.3. The zero-order chi connectivity index (χ0) is 39.6. The van der Waals surface area contributed by atoms with Crippen LogP contribution in [0.2, 0.25) is 0 Å². The zero-order valence-electron chi connectivity index (χ0n) is 36.2. The molecule has 0 aromatic carbocycles. The second-order valence-electron chi connectivity index (χ2n) is 15.8. The first-order valence-corrected chi connectivity index (χ1v) is 22.9. The van der Waals surface area contributed by atoms with Gasteiger partial charge in [-0.05, 0) is 117 Å². The van der Waals surface area contributed by atoms with Gasteiger partial charge in [0.1, 0.15) is 0 Å². The molecular weight excluding hydrogens is 667 g/mol. The lowest BCUT2D eigenvalue weighted by atomic mass is 9.92. The van der Waals surface area contributed by atoms with E-state index in [1.165, 1.54) is 120 Å². The first kappa shape index (κ1) is 51.8. The maximum atomic E-state index is 14.0. The Balaban J connectivity index is 4.77. The molecule has 0 bridgehead atoms. The van der Waals surface area contributed by atoms with E-state index in [2.05, 4.69) is 86.8 Å². The summed E-state index contributed by atoms with van der Waals surface area (Å²) in [5.74, 6) is -0.0920. The number of hydrogen-bond donors (Lipinski definition) is 2. The lowest BCUT2D eigenvalue weighted by Crippen LogP contribution is -2.47. The van der Waals surface area contributed by atoms with Crippen LogP contribution < -0.4 is 5.32 Å². The molecule has 0 unspecified atom stereocenters. The molecule has 54 heavy (non-hydrogen) atoms. The Kier molecular flexibility index (Phi) is 40.3. The standard InChI is InChI=1S/C48H89N3O3/c1-5-7-9-11-13-15-17-19-21-23-25-27-29-31-33-35-40-46(47(53)51(44-38-37-43-50(3)4)48(54)49-42-39-45-52)41-36-34-32-30-28-26-24-22-20-18-16-14-12-10-8-6-2/h13-16,19-22,46,52H,5-12,17-18,23-45H2,1-4H3,(H,49,54)/b15-13-,16-14-,21-19-,22-20-. The molecule has 0 atom stereocenters. The highest BCUT2D eigenvalue weighted by Crippen LogP contribution is 2.23. The molecule has 3 amide bonds. The summed E-state index contributed by atoms with van der Waals surface area (Å²) in [4.78, 5) is 30.9. The minimum Gasteiger partial charge on any atom is -0.396 e. The van der Waals surface area contributed by atoms with Crippen LogP contribution >= 0.6 is 0 Å². The summed E-state index contributed by atoms with van der Waals surface area (Å²) >= 11 is 0. The Morgan fingerprint density at radius 3 is 1.35 bits per heavy atom. The Bertz CT molecular complexity index is 893. The fourth-order valence-electron chi connectivity index (χ4n) is 6.75. The number of urea groups is 1. The molecular formula is C48H89N3O3. The van der Waals surface area contributed by atoms with Crippen LogP contribution in [0.4, 0.5) is 4.79 Å². The summed E-state index contributed by atoms with van der Waals surface area (Å²) in [6.07, 6.45) is 51.6. The second-order valence-corrected chi connectivity index (χ2v) is 15.8. The number of imide groups is 1. The van der Waals surface area contributed by atoms with E-state index in [1.54, 1.807) is 0 Å². The van der Waals surface area contributed by atoms with Crippen molar-refractivity contribution in [1.82, 2.24) is 15.1 Å². The van der Waals surface area contributed by atoms with Crippen molar-refractivity contribution in [3.63, 3.8) is 0 Å². The summed E-state index contributed by atoms with van der Waals surface area (Å²) in [6.45, 7) is 6.32. The summed E-state index contributed by atoms with van der Waals surface area (Å²) < 4.78 is 0. The molecule has 0 aromatic rings. The van der Waals surface area contributed by atoms with Gasteiger partial charge in [-0.15, -0.1) is 0 Å². The molecule has 0 spiro atoms. The number of aliphatic hydroxyl groups excluding tert-OH is 1. The number of carbonyl (C=O) groups is 2. The van der Waals surface area contributed by atoms with Gasteiger partial charge in [-0.25, -0.2) is 4.79 Å². The van der Waals surface area contributed by atoms with Crippen molar-refractivity contribution in [3.05, 3.63) is 48.6 Å². The first-order valence-electron chi connectivity index (χ1n) is 22.9. The van der Waals surface area contributed by atoms with Crippen molar-refractivity contribution >= 4 is 11.9 Å². The highest BCUT2D eigenvalue weighted by atomic mass is 16.3. The van der Waals surface area contributed by atoms with Gasteiger partial charge in [0.25, 0.3) is 0 Å². The van der Waals surface area contributed by atoms with Gasteiger partial charge in [0.2, 0.25) is 5.91 Å². The molecule has 6 nitrogen and oxygen atoms in total. The molecule has 0 rings (SSSR count). The highest BCUT2D eigenvalue weighted by molar-refractivity contribution is 5.95. The topological polar surface area (TPSA) is 72.9 Å². The van der Waals surface area contributed by atoms with Crippen molar-refractivity contribution in [3.8, 4) is 0 Å². The molecule has 6 heteroatoms. The Labute approximate surface area is 335 Å². The van der Waals surface area contributed by atoms with Gasteiger partial charge in [0.15, 0.2) is 0 Å². The number of hydrogen-bond acceptors (Lipinski definition) is 4. The maximum absolute atomic E-state index is 14.0. The molecule has 0 radical (unpaired) electrons. The fraction of sp³-hybridized carbons (Fsp3) is 0.792. The maximum Gasteiger partial charge on any atom is 0.324 e. The minimum atomic E-state index is -0.294. The molecule has 0 heterocycles. The molecule has 0 aliphatic carbocycles. The van der Waals surface area contributed by atoms with Gasteiger partial charge in [-0.2, -0.15) is 0 Å². The van der Waals surface area contributed by atoms with E-state index in [9.17, 15) is 14.7 Å². The molecule has 314 valence electrons. The quantitative estimate of drug-likeness (QED) is 0.0484. The second kappa shape index (κ2) is 42.0. The van der Waals surface area contributed by atoms with Crippen LogP contribution in [-0.2, 0) is 4.79 Å². The number of unbranched alkanes of at least 4 members (excludes halogenated alkanes) is 19. The van der Waals surface area contributed by atoms with Crippen LogP contribution in [0.25, 0.3) is 0 Å². The van der Waals surface area contributed by atoms with Crippen LogP contribution in [0.5, 0.6) is 0 Å². The fourth-order valence-corrected chi connectivity index (χ4v) is 6.75. The SMILES string of the molecule is CCCCC/C=C\C/C=C\CCCCCCCCC(CCCCCCCC/C=C\C/C=C\CCCCC)C(=O)N(CCCCN(C)C)C(=O)NCCCO. The average Bonchev–Trinajstić information content (AvgIpc) is 3.16. The van der Waals surface area contributed by atoms with Gasteiger partial charge >= 0.3 is 6.03 Å². The third-order valence-electron chi connectivity index (χ3n) is 10.2. The smallest absolute Gasteiger partial charge is 0.324 e. The summed E-state index contributed by atoms with van der Waals surface area (Å²) in [5.41, 5.74) is 0. The molecule has 0 aromatic heterocycles. The number of rotatable bonds is 39. The van der Waals surface area contributed by atoms with Crippen molar-refractivity contribution in [1.29, 1.82) is 0 Å². The third kappa shape index (κ3) is 35.5. The van der Waals surface area contributed by atoms with E-state index < -0.39 is 0 Å². The van der Waals surface area contributed by atoms with Crippen LogP contribution in [-0.4, -0.2) is 67.2 Å². The van der Waals surface area contributed by atoms with E-state index in [4.69, 9.17) is 0 Å². The number of nitrogens with zero attached hydrogens (tertiary/aromatic N) is 2. The summed E-state index contributed by atoms with van der Waals surface area (Å²) in [5, 5.41) is 12.1. The molecule has 0 saturated heterocycles. The molecule has 2 N–H and O–H groups in total. The normalized spacial score (nSPS) is 12.2. The highest BCUT2D eigenvalue weighted by Gasteiger charge is 2.28. The zero-order valence-corrected chi connectivity index (χ0v) is 36.2. The number of carbonyl (C=O) groups excluding carboxylic acids is 2. The van der Waals surface area contributed by atoms with Gasteiger partial charge < -0.3 is 15.3 Å². The van der Waals surface area contributed by atoms with Crippen molar-refractivity contribution in [2.45, 2.75) is 200 Å². The van der Waals surface area contributed by atoms with Crippen LogP contribution in [0.3, 0.4) is 0 Å². The summed E-state index contributed by atoms with van der Waals surface area (Å²) in [7, 11) is 4.11. The predicted molar refractivity (Wildman–Crippen MR) is 236 cm³/mol. The molecule has 0 aliphatic heterocycles. The van der Waals surface area contributed by atoms with Gasteiger partial charge in [0.05, 0.1) is 0 Å². The average molecular weight is 756 g/mol. The number of aliphatic hydroxyl groups is 1. The van der Waals surface area contributed by atoms with E-state index in [0.29, 0.717) is 19.5 Å². The largest absolute Gasteiger partial charge is 0.396 e. The first-order chi connectivity index (χ1) is 26.5. The molecule has 0 fully saturated rings. The van der Waals surface area contributed by atoms with E-state index in [0.717, 1.165) is 70.8 Å². The molecule has 0 aliphatic rings. The van der Waals surface area contributed by atoms with Gasteiger partial charge in [0, 0.05) is 25.6 Å².